The summed E-state index contributed by atoms with van der Waals surface area (Å²) in [5, 5.41) is 10.1. The van der Waals surface area contributed by atoms with Crippen molar-refractivity contribution in [1.29, 1.82) is 0 Å². The van der Waals surface area contributed by atoms with E-state index in [4.69, 9.17) is 23.2 Å². The lowest BCUT2D eigenvalue weighted by Gasteiger charge is -2.50. The van der Waals surface area contributed by atoms with Gasteiger partial charge in [-0.2, -0.15) is 0 Å². The zero-order valence-electron chi connectivity index (χ0n) is 18.5. The van der Waals surface area contributed by atoms with Gasteiger partial charge in [-0.3, -0.25) is 29.0 Å². The maximum atomic E-state index is 13.4. The molecule has 9 heteroatoms. The Balaban J connectivity index is 1.74. The first-order chi connectivity index (χ1) is 15.5. The van der Waals surface area contributed by atoms with Crippen LogP contribution in [0.2, 0.25) is 0 Å². The second-order valence-electron chi connectivity index (χ2n) is 9.46. The van der Waals surface area contributed by atoms with Gasteiger partial charge in [-0.05, 0) is 49.8 Å². The minimum atomic E-state index is -1.80. The number of aromatic hydroxyl groups is 1. The molecule has 0 spiro atoms. The molecule has 4 amide bonds. The predicted octanol–water partition coefficient (Wildman–Crippen LogP) is 2.71. The van der Waals surface area contributed by atoms with Gasteiger partial charge in [0.25, 0.3) is 11.8 Å². The van der Waals surface area contributed by atoms with Gasteiger partial charge in [0.2, 0.25) is 11.8 Å². The lowest BCUT2D eigenvalue weighted by atomic mass is 9.56. The highest BCUT2D eigenvalue weighted by Gasteiger charge is 2.75. The van der Waals surface area contributed by atoms with Crippen LogP contribution in [0.5, 0.6) is 5.75 Å². The fraction of sp³-hybridized carbons (Fsp3) is 0.500. The van der Waals surface area contributed by atoms with Crippen LogP contribution in [0.1, 0.15) is 36.8 Å². The lowest BCUT2D eigenvalue weighted by Crippen LogP contribution is -2.60. The number of hydrogen-bond acceptors (Lipinski definition) is 5. The van der Waals surface area contributed by atoms with Crippen LogP contribution in [0.25, 0.3) is 0 Å². The van der Waals surface area contributed by atoms with E-state index in [9.17, 15) is 24.3 Å². The molecule has 6 atom stereocenters. The van der Waals surface area contributed by atoms with Crippen LogP contribution < -0.4 is 0 Å². The molecule has 4 aliphatic rings. The highest BCUT2D eigenvalue weighted by molar-refractivity contribution is 6.53. The maximum Gasteiger partial charge on any atom is 0.253 e. The number of alkyl halides is 2. The van der Waals surface area contributed by atoms with Gasteiger partial charge in [0.1, 0.15) is 5.75 Å². The monoisotopic (exact) mass is 490 g/mol. The molecule has 0 unspecified atom stereocenters. The highest BCUT2D eigenvalue weighted by Crippen LogP contribution is 2.65. The van der Waals surface area contributed by atoms with Gasteiger partial charge in [0, 0.05) is 19.5 Å². The number of benzene rings is 1. The molecule has 1 saturated carbocycles. The molecule has 7 nitrogen and oxygen atoms in total. The summed E-state index contributed by atoms with van der Waals surface area (Å²) in [5.74, 6) is -4.05. The van der Waals surface area contributed by atoms with E-state index in [1.807, 2.05) is 6.08 Å². The van der Waals surface area contributed by atoms with E-state index in [1.54, 1.807) is 26.0 Å². The van der Waals surface area contributed by atoms with Crippen LogP contribution in [0.15, 0.2) is 29.8 Å². The molecule has 1 aromatic rings. The Hall–Kier alpha value is -2.38. The smallest absolute Gasteiger partial charge is 0.253 e. The minimum absolute atomic E-state index is 0.00981. The molecule has 1 N–H and O–H groups in total. The second-order valence-corrected chi connectivity index (χ2v) is 10.7. The Labute approximate surface area is 201 Å². The molecule has 174 valence electrons. The number of rotatable bonds is 2. The number of allylic oxidation sites excluding steroid dienone is 2. The van der Waals surface area contributed by atoms with Crippen LogP contribution >= 0.6 is 23.2 Å². The topological polar surface area (TPSA) is 95.0 Å². The number of imide groups is 2. The summed E-state index contributed by atoms with van der Waals surface area (Å²) < 4.78 is 0. The number of fused-ring (bicyclic) bond motifs is 4. The number of phenols is 1. The number of likely N-dealkylation sites (tertiary alicyclic amines) is 2. The van der Waals surface area contributed by atoms with E-state index in [-0.39, 0.29) is 30.5 Å². The van der Waals surface area contributed by atoms with Crippen molar-refractivity contribution >= 4 is 46.8 Å². The molecule has 5 rings (SSSR count). The fourth-order valence-corrected chi connectivity index (χ4v) is 7.37. The van der Waals surface area contributed by atoms with Gasteiger partial charge in [-0.15, -0.1) is 23.2 Å². The minimum Gasteiger partial charge on any atom is -0.508 e. The van der Waals surface area contributed by atoms with Crippen LogP contribution in [0, 0.1) is 24.7 Å². The predicted molar refractivity (Wildman–Crippen MR) is 121 cm³/mol. The molecule has 33 heavy (non-hydrogen) atoms. The SMILES string of the molecule is CCN1C(=O)[C@H]2[C@H](CC=C3[C@H]2C[C@@]2(Cl)C(=O)N(C)C(=O)[C@@]2(Cl)[C@H]3c2ccc(O)c(C)c2)C1=O. The van der Waals surface area contributed by atoms with Gasteiger partial charge in [-0.1, -0.05) is 23.8 Å². The number of amides is 4. The van der Waals surface area contributed by atoms with Crippen LogP contribution in [-0.2, 0) is 19.2 Å². The molecule has 0 bridgehead atoms. The summed E-state index contributed by atoms with van der Waals surface area (Å²) in [7, 11) is 1.36. The maximum absolute atomic E-state index is 13.4. The second kappa shape index (κ2) is 7.06. The molecule has 2 aliphatic carbocycles. The first-order valence-corrected chi connectivity index (χ1v) is 11.8. The van der Waals surface area contributed by atoms with Crippen molar-refractivity contribution in [1.82, 2.24) is 9.80 Å². The van der Waals surface area contributed by atoms with Crippen molar-refractivity contribution in [2.24, 2.45) is 17.8 Å². The van der Waals surface area contributed by atoms with Crippen LogP contribution in [0.3, 0.4) is 0 Å². The molecule has 1 aromatic carbocycles. The molecule has 2 aliphatic heterocycles. The summed E-state index contributed by atoms with van der Waals surface area (Å²) in [6.45, 7) is 3.76. The van der Waals surface area contributed by atoms with Gasteiger partial charge >= 0.3 is 0 Å². The van der Waals surface area contributed by atoms with Crippen molar-refractivity contribution in [3.8, 4) is 5.75 Å². The molecule has 3 fully saturated rings. The zero-order valence-corrected chi connectivity index (χ0v) is 20.0. The van der Waals surface area contributed by atoms with Gasteiger partial charge < -0.3 is 5.11 Å². The van der Waals surface area contributed by atoms with E-state index >= 15 is 0 Å². The van der Waals surface area contributed by atoms with E-state index < -0.39 is 45.2 Å². The third-order valence-electron chi connectivity index (χ3n) is 7.98. The number of aryl methyl sites for hydroxylation is 1. The molecule has 2 saturated heterocycles. The van der Waals surface area contributed by atoms with E-state index in [0.29, 0.717) is 17.5 Å². The summed E-state index contributed by atoms with van der Waals surface area (Å²) >= 11 is 14.1. The number of halogens is 2. The normalized spacial score (nSPS) is 37.8. The van der Waals surface area contributed by atoms with Gasteiger partial charge in [0.15, 0.2) is 9.75 Å². The van der Waals surface area contributed by atoms with Crippen molar-refractivity contribution in [3.05, 3.63) is 41.0 Å². The van der Waals surface area contributed by atoms with Crippen molar-refractivity contribution in [2.75, 3.05) is 13.6 Å². The number of nitrogens with zero attached hydrogens (tertiary/aromatic N) is 2. The van der Waals surface area contributed by atoms with Crippen molar-refractivity contribution in [3.63, 3.8) is 0 Å². The third-order valence-corrected chi connectivity index (χ3v) is 9.39. The third kappa shape index (κ3) is 2.58. The standard InChI is InChI=1S/C24H24Cl2N2O5/c1-4-28-19(30)14-7-6-13-15(17(14)20(28)31)10-23(25)21(32)27(3)22(33)24(23,26)18(13)12-5-8-16(29)11(2)9-12/h5-6,8-9,14-15,17-18,29H,4,7,10H2,1-3H3/t14-,15+,17-,18-,23+,24-/m0/s1. The lowest BCUT2D eigenvalue weighted by molar-refractivity contribution is -0.141. The molecule has 2 heterocycles. The summed E-state index contributed by atoms with van der Waals surface area (Å²) in [4.78, 5) is 51.5. The van der Waals surface area contributed by atoms with E-state index in [0.717, 1.165) is 10.5 Å². The number of carbonyl (C=O) groups excluding carboxylic acids is 4. The Morgan fingerprint density at radius 2 is 1.79 bits per heavy atom. The van der Waals surface area contributed by atoms with Crippen LogP contribution in [0.4, 0.5) is 0 Å². The van der Waals surface area contributed by atoms with Crippen molar-refractivity contribution < 1.29 is 24.3 Å². The van der Waals surface area contributed by atoms with Gasteiger partial charge in [0.05, 0.1) is 11.8 Å². The number of hydrogen-bond donors (Lipinski definition) is 1. The number of carbonyl (C=O) groups is 4. The largest absolute Gasteiger partial charge is 0.508 e. The Kier molecular flexibility index (Phi) is 4.80. The molecule has 0 radical (unpaired) electrons. The quantitative estimate of drug-likeness (QED) is 0.390. The summed E-state index contributed by atoms with van der Waals surface area (Å²) in [6, 6.07) is 4.91. The van der Waals surface area contributed by atoms with Crippen LogP contribution in [-0.4, -0.2) is 61.9 Å². The first-order valence-electron chi connectivity index (χ1n) is 11.0. The number of phenolic OH excluding ortho intramolecular Hbond substituents is 1. The zero-order chi connectivity index (χ0) is 24.0. The summed E-state index contributed by atoms with van der Waals surface area (Å²) in [5.41, 5.74) is 1.96. The van der Waals surface area contributed by atoms with E-state index in [2.05, 4.69) is 0 Å². The fourth-order valence-electron chi connectivity index (χ4n) is 6.35. The first kappa shape index (κ1) is 22.4. The van der Waals surface area contributed by atoms with E-state index in [1.165, 1.54) is 18.0 Å². The summed E-state index contributed by atoms with van der Waals surface area (Å²) in [6.07, 6.45) is 2.25. The Morgan fingerprint density at radius 1 is 1.09 bits per heavy atom. The highest BCUT2D eigenvalue weighted by atomic mass is 35.5. The molecule has 0 aromatic heterocycles. The average Bonchev–Trinajstić information content (AvgIpc) is 3.10. The average molecular weight is 491 g/mol. The molecular formula is C24H24Cl2N2O5. The van der Waals surface area contributed by atoms with Crippen molar-refractivity contribution in [2.45, 2.75) is 42.4 Å². The Bertz CT molecular complexity index is 1170. The van der Waals surface area contributed by atoms with Gasteiger partial charge in [-0.25, -0.2) is 0 Å². The molecular weight excluding hydrogens is 467 g/mol. The Morgan fingerprint density at radius 3 is 2.42 bits per heavy atom.